The van der Waals surface area contributed by atoms with E-state index in [9.17, 15) is 14.4 Å². The van der Waals surface area contributed by atoms with Crippen molar-refractivity contribution in [3.8, 4) is 0 Å². The van der Waals surface area contributed by atoms with Gasteiger partial charge in [0, 0.05) is 17.3 Å². The molecule has 7 nitrogen and oxygen atoms in total. The largest absolute Gasteiger partial charge is 0.469 e. The molecule has 7 heteroatoms. The van der Waals surface area contributed by atoms with Gasteiger partial charge in [-0.2, -0.15) is 0 Å². The van der Waals surface area contributed by atoms with Crippen LogP contribution in [-0.4, -0.2) is 35.5 Å². The molecular formula is C21H30N2O5. The van der Waals surface area contributed by atoms with E-state index in [-0.39, 0.29) is 24.2 Å². The second kappa shape index (κ2) is 7.45. The van der Waals surface area contributed by atoms with Crippen molar-refractivity contribution in [2.75, 3.05) is 7.11 Å². The van der Waals surface area contributed by atoms with E-state index in [4.69, 9.17) is 9.47 Å². The Morgan fingerprint density at radius 3 is 2.32 bits per heavy atom. The first kappa shape index (κ1) is 21.7. The van der Waals surface area contributed by atoms with E-state index in [0.717, 1.165) is 11.1 Å². The predicted molar refractivity (Wildman–Crippen MR) is 105 cm³/mol. The van der Waals surface area contributed by atoms with Crippen molar-refractivity contribution in [2.24, 2.45) is 11.3 Å². The molecule has 1 aliphatic heterocycles. The summed E-state index contributed by atoms with van der Waals surface area (Å²) < 4.78 is 10.2. The smallest absolute Gasteiger partial charge is 0.355 e. The molecule has 1 amide bonds. The average molecular weight is 390 g/mol. The van der Waals surface area contributed by atoms with Gasteiger partial charge in [0.25, 0.3) is 0 Å². The first-order valence-electron chi connectivity index (χ1n) is 9.30. The van der Waals surface area contributed by atoms with Crippen molar-refractivity contribution >= 4 is 23.9 Å². The van der Waals surface area contributed by atoms with Crippen LogP contribution in [0.25, 0.3) is 6.08 Å². The van der Waals surface area contributed by atoms with E-state index >= 15 is 0 Å². The maximum absolute atomic E-state index is 12.5. The van der Waals surface area contributed by atoms with Crippen LogP contribution in [0.1, 0.15) is 68.3 Å². The van der Waals surface area contributed by atoms with Crippen molar-refractivity contribution in [1.82, 2.24) is 10.3 Å². The van der Waals surface area contributed by atoms with E-state index in [1.165, 1.54) is 7.11 Å². The molecular weight excluding hydrogens is 360 g/mol. The molecule has 2 N–H and O–H groups in total. The summed E-state index contributed by atoms with van der Waals surface area (Å²) >= 11 is 0. The van der Waals surface area contributed by atoms with Gasteiger partial charge in [-0.3, -0.25) is 9.59 Å². The highest BCUT2D eigenvalue weighted by Crippen LogP contribution is 2.41. The molecule has 0 spiro atoms. The number of H-pyrrole nitrogens is 1. The fourth-order valence-electron chi connectivity index (χ4n) is 3.22. The highest BCUT2D eigenvalue weighted by atomic mass is 16.6. The van der Waals surface area contributed by atoms with Gasteiger partial charge in [-0.15, -0.1) is 0 Å². The Morgan fingerprint density at radius 2 is 1.79 bits per heavy atom. The van der Waals surface area contributed by atoms with Crippen LogP contribution in [0.2, 0.25) is 0 Å². The number of ether oxygens (including phenoxy) is 2. The van der Waals surface area contributed by atoms with Crippen LogP contribution in [0, 0.1) is 25.2 Å². The molecule has 154 valence electrons. The van der Waals surface area contributed by atoms with Crippen molar-refractivity contribution in [2.45, 2.75) is 60.5 Å². The zero-order valence-corrected chi connectivity index (χ0v) is 17.9. The first-order valence-corrected chi connectivity index (χ1v) is 9.30. The Labute approximate surface area is 165 Å². The Kier molecular flexibility index (Phi) is 5.78. The molecule has 0 saturated carbocycles. The van der Waals surface area contributed by atoms with Crippen molar-refractivity contribution in [1.29, 1.82) is 0 Å². The maximum atomic E-state index is 12.5. The van der Waals surface area contributed by atoms with Crippen LogP contribution < -0.4 is 5.32 Å². The third-order valence-electron chi connectivity index (χ3n) is 5.19. The highest BCUT2D eigenvalue weighted by molar-refractivity contribution is 5.92. The van der Waals surface area contributed by atoms with E-state index in [1.807, 2.05) is 34.6 Å². The molecule has 1 aliphatic rings. The molecule has 1 saturated heterocycles. The van der Waals surface area contributed by atoms with Gasteiger partial charge >= 0.3 is 11.9 Å². The maximum Gasteiger partial charge on any atom is 0.355 e. The molecule has 1 unspecified atom stereocenters. The molecule has 1 fully saturated rings. The van der Waals surface area contributed by atoms with E-state index < -0.39 is 17.0 Å². The lowest BCUT2D eigenvalue weighted by Gasteiger charge is -2.22. The van der Waals surface area contributed by atoms with Crippen molar-refractivity contribution < 1.29 is 23.9 Å². The minimum absolute atomic E-state index is 0.0890. The van der Waals surface area contributed by atoms with Gasteiger partial charge in [0.15, 0.2) is 0 Å². The number of allylic oxidation sites excluding steroid dienone is 1. The minimum Gasteiger partial charge on any atom is -0.469 e. The third kappa shape index (κ3) is 4.29. The number of carbonyl (C=O) groups is 3. The highest BCUT2D eigenvalue weighted by Gasteiger charge is 2.46. The molecule has 0 bridgehead atoms. The van der Waals surface area contributed by atoms with Crippen LogP contribution in [0.4, 0.5) is 0 Å². The topological polar surface area (TPSA) is 97.5 Å². The lowest BCUT2D eigenvalue weighted by Crippen LogP contribution is -2.29. The summed E-state index contributed by atoms with van der Waals surface area (Å²) in [5.41, 5.74) is 2.02. The molecule has 1 aromatic rings. The van der Waals surface area contributed by atoms with Crippen molar-refractivity contribution in [3.63, 3.8) is 0 Å². The number of methoxy groups -OCH3 is 1. The monoisotopic (exact) mass is 390 g/mol. The standard InChI is InChI=1S/C21H30N2O5/c1-11-12(2)17(18(25)28-20(3,4)5)22-14(11)10-15-13(9-16(24)27-8)21(6,7)19(26)23-15/h10,13,22H,9H2,1-8H3,(H,23,26)/b15-10+. The second-order valence-electron chi connectivity index (χ2n) is 8.77. The lowest BCUT2D eigenvalue weighted by atomic mass is 9.78. The third-order valence-corrected chi connectivity index (χ3v) is 5.19. The molecule has 1 aromatic heterocycles. The summed E-state index contributed by atoms with van der Waals surface area (Å²) in [7, 11) is 1.33. The summed E-state index contributed by atoms with van der Waals surface area (Å²) in [6.07, 6.45) is 1.88. The van der Waals surface area contributed by atoms with Crippen LogP contribution in [-0.2, 0) is 19.1 Å². The van der Waals surface area contributed by atoms with Crippen LogP contribution >= 0.6 is 0 Å². The SMILES string of the molecule is COC(=O)CC1/C(=C\c2[nH]c(C(=O)OC(C)(C)C)c(C)c2C)NC(=O)C1(C)C. The second-order valence-corrected chi connectivity index (χ2v) is 8.77. The number of hydrogen-bond donors (Lipinski definition) is 2. The normalized spacial score (nSPS) is 20.2. The number of amides is 1. The summed E-state index contributed by atoms with van der Waals surface area (Å²) in [6, 6.07) is 0. The quantitative estimate of drug-likeness (QED) is 0.769. The molecule has 2 heterocycles. The number of esters is 2. The Hall–Kier alpha value is -2.57. The Balaban J connectivity index is 2.43. The molecule has 0 aliphatic carbocycles. The molecule has 2 rings (SSSR count). The van der Waals surface area contributed by atoms with Gasteiger partial charge in [0.05, 0.1) is 18.9 Å². The van der Waals surface area contributed by atoms with Crippen LogP contribution in [0.5, 0.6) is 0 Å². The van der Waals surface area contributed by atoms with Gasteiger partial charge in [0.2, 0.25) is 5.91 Å². The number of aromatic amines is 1. The molecule has 28 heavy (non-hydrogen) atoms. The summed E-state index contributed by atoms with van der Waals surface area (Å²) in [6.45, 7) is 12.8. The van der Waals surface area contributed by atoms with Crippen molar-refractivity contribution in [3.05, 3.63) is 28.2 Å². The lowest BCUT2D eigenvalue weighted by molar-refractivity contribution is -0.142. The zero-order valence-electron chi connectivity index (χ0n) is 17.9. The van der Waals surface area contributed by atoms with Gasteiger partial charge < -0.3 is 19.8 Å². The van der Waals surface area contributed by atoms with E-state index in [0.29, 0.717) is 17.1 Å². The Bertz CT molecular complexity index is 840. The molecule has 0 radical (unpaired) electrons. The number of aromatic nitrogens is 1. The van der Waals surface area contributed by atoms with Gasteiger partial charge in [-0.05, 0) is 51.8 Å². The predicted octanol–water partition coefficient (Wildman–Crippen LogP) is 3.26. The fourth-order valence-corrected chi connectivity index (χ4v) is 3.22. The number of hydrogen-bond acceptors (Lipinski definition) is 5. The van der Waals surface area contributed by atoms with Crippen LogP contribution in [0.15, 0.2) is 5.70 Å². The fraction of sp³-hybridized carbons (Fsp3) is 0.571. The minimum atomic E-state index is -0.746. The Morgan fingerprint density at radius 1 is 1.18 bits per heavy atom. The number of nitrogens with one attached hydrogen (secondary N) is 2. The van der Waals surface area contributed by atoms with Gasteiger partial charge in [-0.25, -0.2) is 4.79 Å². The summed E-state index contributed by atoms with van der Waals surface area (Å²) in [5, 5.41) is 2.87. The van der Waals surface area contributed by atoms with E-state index in [1.54, 1.807) is 19.9 Å². The zero-order chi connectivity index (χ0) is 21.4. The summed E-state index contributed by atoms with van der Waals surface area (Å²) in [5.74, 6) is -1.31. The van der Waals surface area contributed by atoms with Gasteiger partial charge in [-0.1, -0.05) is 13.8 Å². The molecule has 1 atom stereocenters. The number of rotatable bonds is 4. The van der Waals surface area contributed by atoms with E-state index in [2.05, 4.69) is 10.3 Å². The van der Waals surface area contributed by atoms with Crippen LogP contribution in [0.3, 0.4) is 0 Å². The summed E-state index contributed by atoms with van der Waals surface area (Å²) in [4.78, 5) is 39.9. The van der Waals surface area contributed by atoms with Gasteiger partial charge in [0.1, 0.15) is 11.3 Å². The molecule has 0 aromatic carbocycles. The average Bonchev–Trinajstić information content (AvgIpc) is 2.95. The first-order chi connectivity index (χ1) is 12.8. The number of carbonyl (C=O) groups excluding carboxylic acids is 3.